The molecule has 0 aromatic carbocycles. The number of piperidine rings is 1. The Balaban J connectivity index is 2.36. The highest BCUT2D eigenvalue weighted by Gasteiger charge is 2.20. The summed E-state index contributed by atoms with van der Waals surface area (Å²) in [5, 5.41) is 6.45. The molecule has 1 heterocycles. The molecule has 1 saturated heterocycles. The summed E-state index contributed by atoms with van der Waals surface area (Å²) in [6, 6.07) is 0.423. The maximum Gasteiger partial charge on any atom is 0.234 e. The molecule has 0 radical (unpaired) electrons. The van der Waals surface area contributed by atoms with E-state index in [2.05, 4.69) is 43.2 Å². The Bertz CT molecular complexity index is 260. The van der Waals surface area contributed by atoms with Gasteiger partial charge < -0.3 is 10.6 Å². The Hall–Kier alpha value is -0.610. The highest BCUT2D eigenvalue weighted by Crippen LogP contribution is 2.13. The van der Waals surface area contributed by atoms with Crippen molar-refractivity contribution >= 4 is 5.91 Å². The zero-order valence-corrected chi connectivity index (χ0v) is 13.0. The van der Waals surface area contributed by atoms with Crippen LogP contribution in [0.2, 0.25) is 0 Å². The summed E-state index contributed by atoms with van der Waals surface area (Å²) >= 11 is 0. The van der Waals surface area contributed by atoms with Crippen LogP contribution >= 0.6 is 0 Å². The zero-order chi connectivity index (χ0) is 14.3. The summed E-state index contributed by atoms with van der Waals surface area (Å²) in [5.74, 6) is 1.36. The summed E-state index contributed by atoms with van der Waals surface area (Å²) in [6.07, 6.45) is 2.54. The minimum absolute atomic E-state index is 0.158. The maximum absolute atomic E-state index is 11.9. The van der Waals surface area contributed by atoms with Gasteiger partial charge in [-0.3, -0.25) is 9.69 Å². The van der Waals surface area contributed by atoms with Crippen LogP contribution in [0.5, 0.6) is 0 Å². The lowest BCUT2D eigenvalue weighted by Crippen LogP contribution is -2.46. The van der Waals surface area contributed by atoms with E-state index in [9.17, 15) is 4.79 Å². The highest BCUT2D eigenvalue weighted by molar-refractivity contribution is 5.78. The molecule has 0 aliphatic carbocycles. The number of nitrogens with one attached hydrogen (secondary N) is 2. The van der Waals surface area contributed by atoms with Crippen molar-refractivity contribution in [1.29, 1.82) is 0 Å². The quantitative estimate of drug-likeness (QED) is 0.735. The first-order valence-electron chi connectivity index (χ1n) is 7.70. The second-order valence-corrected chi connectivity index (χ2v) is 6.43. The number of rotatable bonds is 7. The number of amides is 1. The molecule has 112 valence electrons. The topological polar surface area (TPSA) is 44.4 Å². The molecule has 1 atom stereocenters. The van der Waals surface area contributed by atoms with E-state index in [0.29, 0.717) is 24.4 Å². The van der Waals surface area contributed by atoms with Gasteiger partial charge in [0.15, 0.2) is 0 Å². The van der Waals surface area contributed by atoms with Gasteiger partial charge in [0.2, 0.25) is 5.91 Å². The van der Waals surface area contributed by atoms with Crippen molar-refractivity contribution < 1.29 is 4.79 Å². The second kappa shape index (κ2) is 8.54. The minimum atomic E-state index is 0.158. The fourth-order valence-corrected chi connectivity index (χ4v) is 2.43. The monoisotopic (exact) mass is 269 g/mol. The van der Waals surface area contributed by atoms with Crippen molar-refractivity contribution in [3.8, 4) is 0 Å². The lowest BCUT2D eigenvalue weighted by atomic mass is 9.98. The van der Waals surface area contributed by atoms with Gasteiger partial charge in [0.25, 0.3) is 0 Å². The average Bonchev–Trinajstić information content (AvgIpc) is 2.36. The lowest BCUT2D eigenvalue weighted by molar-refractivity contribution is -0.123. The molecular formula is C15H31N3O. The highest BCUT2D eigenvalue weighted by atomic mass is 16.2. The summed E-state index contributed by atoms with van der Waals surface area (Å²) in [5.41, 5.74) is 0. The van der Waals surface area contributed by atoms with Crippen LogP contribution in [0.3, 0.4) is 0 Å². The summed E-state index contributed by atoms with van der Waals surface area (Å²) < 4.78 is 0. The molecule has 19 heavy (non-hydrogen) atoms. The van der Waals surface area contributed by atoms with E-state index < -0.39 is 0 Å². The van der Waals surface area contributed by atoms with E-state index in [1.54, 1.807) is 0 Å². The molecule has 1 aliphatic rings. The molecule has 1 rings (SSSR count). The number of hydrogen-bond acceptors (Lipinski definition) is 3. The maximum atomic E-state index is 11.9. The van der Waals surface area contributed by atoms with Crippen LogP contribution in [-0.4, -0.2) is 49.6 Å². The molecule has 0 spiro atoms. The molecule has 1 unspecified atom stereocenters. The third-order valence-corrected chi connectivity index (χ3v) is 3.68. The molecule has 4 heteroatoms. The number of carbonyl (C=O) groups is 1. The van der Waals surface area contributed by atoms with E-state index in [1.807, 2.05) is 0 Å². The van der Waals surface area contributed by atoms with E-state index >= 15 is 0 Å². The average molecular weight is 269 g/mol. The molecule has 1 amide bonds. The van der Waals surface area contributed by atoms with Crippen LogP contribution in [-0.2, 0) is 4.79 Å². The van der Waals surface area contributed by atoms with E-state index in [1.165, 1.54) is 12.8 Å². The van der Waals surface area contributed by atoms with Crippen LogP contribution in [0.4, 0.5) is 0 Å². The second-order valence-electron chi connectivity index (χ2n) is 6.43. The van der Waals surface area contributed by atoms with E-state index in [4.69, 9.17) is 0 Å². The van der Waals surface area contributed by atoms with Gasteiger partial charge >= 0.3 is 0 Å². The molecular weight excluding hydrogens is 238 g/mol. The minimum Gasteiger partial charge on any atom is -0.355 e. The third-order valence-electron chi connectivity index (χ3n) is 3.68. The smallest absolute Gasteiger partial charge is 0.234 e. The van der Waals surface area contributed by atoms with Crippen molar-refractivity contribution in [3.05, 3.63) is 0 Å². The Morgan fingerprint density at radius 1 is 1.37 bits per heavy atom. The Morgan fingerprint density at radius 3 is 2.63 bits per heavy atom. The largest absolute Gasteiger partial charge is 0.355 e. The molecule has 4 nitrogen and oxygen atoms in total. The molecule has 0 saturated carbocycles. The molecule has 1 fully saturated rings. The molecule has 0 bridgehead atoms. The molecule has 1 aliphatic heterocycles. The van der Waals surface area contributed by atoms with Crippen LogP contribution in [0, 0.1) is 11.8 Å². The van der Waals surface area contributed by atoms with Crippen LogP contribution in [0.1, 0.15) is 40.5 Å². The Morgan fingerprint density at radius 2 is 2.11 bits per heavy atom. The van der Waals surface area contributed by atoms with Crippen molar-refractivity contribution in [1.82, 2.24) is 15.5 Å². The number of carbonyl (C=O) groups excluding carboxylic acids is 1. The SMILES string of the molecule is CC(C)CNC(=O)CN(CC1CCCNC1)C(C)C. The van der Waals surface area contributed by atoms with Crippen LogP contribution < -0.4 is 10.6 Å². The van der Waals surface area contributed by atoms with Gasteiger partial charge in [0.05, 0.1) is 6.54 Å². The van der Waals surface area contributed by atoms with Crippen molar-refractivity contribution in [2.45, 2.75) is 46.6 Å². The van der Waals surface area contributed by atoms with E-state index in [-0.39, 0.29) is 5.91 Å². The summed E-state index contributed by atoms with van der Waals surface area (Å²) in [7, 11) is 0. The van der Waals surface area contributed by atoms with Crippen molar-refractivity contribution in [3.63, 3.8) is 0 Å². The van der Waals surface area contributed by atoms with Gasteiger partial charge in [-0.25, -0.2) is 0 Å². The third kappa shape index (κ3) is 6.92. The Labute approximate surface area is 118 Å². The van der Waals surface area contributed by atoms with Crippen LogP contribution in [0.25, 0.3) is 0 Å². The summed E-state index contributed by atoms with van der Waals surface area (Å²) in [4.78, 5) is 14.2. The molecule has 0 aromatic heterocycles. The fourth-order valence-electron chi connectivity index (χ4n) is 2.43. The first kappa shape index (κ1) is 16.4. The van der Waals surface area contributed by atoms with Crippen LogP contribution in [0.15, 0.2) is 0 Å². The Kier molecular flexibility index (Phi) is 7.39. The zero-order valence-electron chi connectivity index (χ0n) is 13.0. The lowest BCUT2D eigenvalue weighted by Gasteiger charge is -2.32. The number of nitrogens with zero attached hydrogens (tertiary/aromatic N) is 1. The van der Waals surface area contributed by atoms with Gasteiger partial charge in [-0.15, -0.1) is 0 Å². The summed E-state index contributed by atoms with van der Waals surface area (Å²) in [6.45, 7) is 13.2. The van der Waals surface area contributed by atoms with Gasteiger partial charge in [0.1, 0.15) is 0 Å². The predicted molar refractivity (Wildman–Crippen MR) is 80.2 cm³/mol. The fraction of sp³-hybridized carbons (Fsp3) is 0.933. The van der Waals surface area contributed by atoms with Gasteiger partial charge in [-0.2, -0.15) is 0 Å². The first-order valence-corrected chi connectivity index (χ1v) is 7.70. The van der Waals surface area contributed by atoms with E-state index in [0.717, 1.165) is 26.2 Å². The van der Waals surface area contributed by atoms with Crippen molar-refractivity contribution in [2.75, 3.05) is 32.7 Å². The number of hydrogen-bond donors (Lipinski definition) is 2. The standard InChI is InChI=1S/C15H31N3O/c1-12(2)8-17-15(19)11-18(13(3)4)10-14-6-5-7-16-9-14/h12-14,16H,5-11H2,1-4H3,(H,17,19). The molecule has 0 aromatic rings. The molecule has 2 N–H and O–H groups in total. The first-order chi connectivity index (χ1) is 8.99. The van der Waals surface area contributed by atoms with Gasteiger partial charge in [-0.1, -0.05) is 13.8 Å². The predicted octanol–water partition coefficient (Wildman–Crippen LogP) is 1.47. The van der Waals surface area contributed by atoms with Gasteiger partial charge in [-0.05, 0) is 51.6 Å². The normalized spacial score (nSPS) is 20.3. The van der Waals surface area contributed by atoms with Crippen molar-refractivity contribution in [2.24, 2.45) is 11.8 Å². The van der Waals surface area contributed by atoms with Gasteiger partial charge in [0, 0.05) is 19.1 Å².